The van der Waals surface area contributed by atoms with Gasteiger partial charge in [-0.05, 0) is 30.2 Å². The Morgan fingerprint density at radius 1 is 1.07 bits per heavy atom. The number of carbonyl (C=O) groups is 2. The van der Waals surface area contributed by atoms with Gasteiger partial charge in [-0.3, -0.25) is 14.6 Å². The summed E-state index contributed by atoms with van der Waals surface area (Å²) in [5.74, 6) is -1.50. The number of rotatable bonds is 5. The summed E-state index contributed by atoms with van der Waals surface area (Å²) in [6.07, 6.45) is -3.41. The van der Waals surface area contributed by atoms with Crippen molar-refractivity contribution >= 4 is 28.5 Å². The number of ether oxygens (including phenoxy) is 1. The van der Waals surface area contributed by atoms with Crippen molar-refractivity contribution in [1.82, 2.24) is 4.98 Å². The molecule has 3 aromatic rings. The van der Waals surface area contributed by atoms with E-state index in [0.29, 0.717) is 11.2 Å². The van der Waals surface area contributed by atoms with Crippen LogP contribution in [0.4, 0.5) is 18.9 Å². The maximum absolute atomic E-state index is 13.6. The molecule has 2 aromatic carbocycles. The average Bonchev–Trinajstić information content (AvgIpc) is 2.71. The number of esters is 1. The van der Waals surface area contributed by atoms with E-state index >= 15 is 0 Å². The number of amides is 1. The number of halogens is 3. The molecule has 8 heteroatoms. The highest BCUT2D eigenvalue weighted by atomic mass is 19.4. The summed E-state index contributed by atoms with van der Waals surface area (Å²) >= 11 is 0. The van der Waals surface area contributed by atoms with Crippen LogP contribution in [0.15, 0.2) is 54.7 Å². The van der Waals surface area contributed by atoms with Gasteiger partial charge in [0.2, 0.25) is 0 Å². The highest BCUT2D eigenvalue weighted by molar-refractivity contribution is 6.10. The third-order valence-electron chi connectivity index (χ3n) is 4.39. The van der Waals surface area contributed by atoms with Crippen LogP contribution in [0, 0.1) is 0 Å². The van der Waals surface area contributed by atoms with Gasteiger partial charge in [-0.15, -0.1) is 0 Å². The molecule has 0 aliphatic carbocycles. The summed E-state index contributed by atoms with van der Waals surface area (Å²) in [4.78, 5) is 28.5. The van der Waals surface area contributed by atoms with Gasteiger partial charge in [0.25, 0.3) is 5.91 Å². The molecule has 1 aromatic heterocycles. The second-order valence-electron chi connectivity index (χ2n) is 6.25. The minimum absolute atomic E-state index is 0.0624. The Morgan fingerprint density at radius 3 is 2.52 bits per heavy atom. The molecule has 1 N–H and O–H groups in total. The normalized spacial score (nSPS) is 11.3. The molecule has 0 saturated heterocycles. The monoisotopic (exact) mass is 402 g/mol. The Hall–Kier alpha value is -3.42. The van der Waals surface area contributed by atoms with Gasteiger partial charge in [-0.2, -0.15) is 13.2 Å². The molecule has 1 amide bonds. The van der Waals surface area contributed by atoms with Gasteiger partial charge in [-0.1, -0.05) is 30.3 Å². The van der Waals surface area contributed by atoms with Crippen molar-refractivity contribution in [2.24, 2.45) is 0 Å². The molecule has 0 atom stereocenters. The highest BCUT2D eigenvalue weighted by Crippen LogP contribution is 2.34. The Kier molecular flexibility index (Phi) is 5.81. The first-order valence-electron chi connectivity index (χ1n) is 8.72. The van der Waals surface area contributed by atoms with E-state index < -0.39 is 29.2 Å². The number of methoxy groups -OCH3 is 1. The lowest BCUT2D eigenvalue weighted by Gasteiger charge is -2.17. The van der Waals surface area contributed by atoms with Crippen molar-refractivity contribution in [2.45, 2.75) is 19.0 Å². The van der Waals surface area contributed by atoms with Crippen molar-refractivity contribution < 1.29 is 27.5 Å². The lowest BCUT2D eigenvalue weighted by molar-refractivity contribution is -0.140. The van der Waals surface area contributed by atoms with Crippen LogP contribution < -0.4 is 5.32 Å². The van der Waals surface area contributed by atoms with Crippen molar-refractivity contribution in [3.63, 3.8) is 0 Å². The highest BCUT2D eigenvalue weighted by Gasteiger charge is 2.36. The number of hydrogen-bond donors (Lipinski definition) is 1. The average molecular weight is 402 g/mol. The number of anilines is 1. The number of pyridine rings is 1. The largest absolute Gasteiger partial charge is 0.469 e. The van der Waals surface area contributed by atoms with Crippen LogP contribution in [0.2, 0.25) is 0 Å². The molecule has 0 aliphatic heterocycles. The lowest BCUT2D eigenvalue weighted by atomic mass is 9.96. The van der Waals surface area contributed by atoms with Crippen molar-refractivity contribution in [2.75, 3.05) is 12.4 Å². The van der Waals surface area contributed by atoms with E-state index in [1.54, 1.807) is 30.3 Å². The summed E-state index contributed by atoms with van der Waals surface area (Å²) in [6.45, 7) is 0. The molecule has 0 spiro atoms. The summed E-state index contributed by atoms with van der Waals surface area (Å²) in [6, 6.07) is 12.0. The number of hydrogen-bond acceptors (Lipinski definition) is 4. The number of carbonyl (C=O) groups excluding carboxylic acids is 2. The molecule has 0 aliphatic rings. The fraction of sp³-hybridized carbons (Fsp3) is 0.190. The van der Waals surface area contributed by atoms with Gasteiger partial charge in [0, 0.05) is 18.0 Å². The fourth-order valence-corrected chi connectivity index (χ4v) is 3.04. The fourth-order valence-electron chi connectivity index (χ4n) is 3.04. The molecule has 150 valence electrons. The first-order valence-corrected chi connectivity index (χ1v) is 8.72. The predicted octanol–water partition coefficient (Wildman–Crippen LogP) is 4.61. The van der Waals surface area contributed by atoms with Crippen LogP contribution >= 0.6 is 0 Å². The minimum Gasteiger partial charge on any atom is -0.469 e. The third kappa shape index (κ3) is 4.53. The molecule has 0 saturated carbocycles. The van der Waals surface area contributed by atoms with E-state index in [1.807, 2.05) is 0 Å². The number of aromatic nitrogens is 1. The zero-order chi connectivity index (χ0) is 21.0. The summed E-state index contributed by atoms with van der Waals surface area (Å²) in [5.41, 5.74) is -0.716. The predicted molar refractivity (Wildman–Crippen MR) is 101 cm³/mol. The molecule has 3 rings (SSSR count). The van der Waals surface area contributed by atoms with Crippen LogP contribution in [0.5, 0.6) is 0 Å². The number of fused-ring (bicyclic) bond motifs is 1. The number of nitrogens with one attached hydrogen (secondary N) is 1. The maximum Gasteiger partial charge on any atom is 0.417 e. The van der Waals surface area contributed by atoms with Crippen molar-refractivity contribution in [1.29, 1.82) is 0 Å². The minimum atomic E-state index is -4.73. The van der Waals surface area contributed by atoms with Crippen LogP contribution in [0.3, 0.4) is 0 Å². The van der Waals surface area contributed by atoms with Crippen LogP contribution in [0.1, 0.15) is 27.9 Å². The second kappa shape index (κ2) is 8.30. The molecule has 5 nitrogen and oxygen atoms in total. The van der Waals surface area contributed by atoms with Gasteiger partial charge >= 0.3 is 12.1 Å². The van der Waals surface area contributed by atoms with E-state index in [0.717, 1.165) is 11.5 Å². The Bertz CT molecular complexity index is 1060. The van der Waals surface area contributed by atoms with Crippen molar-refractivity contribution in [3.05, 3.63) is 71.4 Å². The topological polar surface area (TPSA) is 68.3 Å². The van der Waals surface area contributed by atoms with Crippen molar-refractivity contribution in [3.8, 4) is 0 Å². The van der Waals surface area contributed by atoms with Crippen LogP contribution in [0.25, 0.3) is 10.9 Å². The number of nitrogens with zero attached hydrogens (tertiary/aromatic N) is 1. The number of alkyl halides is 3. The Morgan fingerprint density at radius 2 is 1.79 bits per heavy atom. The Labute approximate surface area is 164 Å². The quantitative estimate of drug-likeness (QED) is 0.633. The lowest BCUT2D eigenvalue weighted by Crippen LogP contribution is -2.21. The molecule has 1 heterocycles. The smallest absolute Gasteiger partial charge is 0.417 e. The second-order valence-corrected chi connectivity index (χ2v) is 6.25. The maximum atomic E-state index is 13.6. The first kappa shape index (κ1) is 20.3. The first-order chi connectivity index (χ1) is 13.8. The van der Waals surface area contributed by atoms with E-state index in [9.17, 15) is 22.8 Å². The molecule has 29 heavy (non-hydrogen) atoms. The molecule has 0 fully saturated rings. The van der Waals surface area contributed by atoms with E-state index in [-0.39, 0.29) is 18.4 Å². The molecule has 0 radical (unpaired) electrons. The van der Waals surface area contributed by atoms with Gasteiger partial charge in [0.1, 0.15) is 0 Å². The van der Waals surface area contributed by atoms with Gasteiger partial charge in [0.15, 0.2) is 0 Å². The Balaban J connectivity index is 2.02. The number of para-hydroxylation sites is 1. The zero-order valence-electron chi connectivity index (χ0n) is 15.4. The van der Waals surface area contributed by atoms with Gasteiger partial charge < -0.3 is 10.1 Å². The van der Waals surface area contributed by atoms with Crippen LogP contribution in [-0.4, -0.2) is 24.0 Å². The number of aryl methyl sites for hydroxylation is 1. The van der Waals surface area contributed by atoms with E-state index in [4.69, 9.17) is 0 Å². The van der Waals surface area contributed by atoms with Crippen LogP contribution in [-0.2, 0) is 22.1 Å². The zero-order valence-corrected chi connectivity index (χ0v) is 15.4. The van der Waals surface area contributed by atoms with Gasteiger partial charge in [0.05, 0.1) is 29.4 Å². The molecular formula is C21H17F3N2O3. The summed E-state index contributed by atoms with van der Waals surface area (Å²) in [7, 11) is 1.19. The molecular weight excluding hydrogens is 385 g/mol. The number of benzene rings is 2. The van der Waals surface area contributed by atoms with Gasteiger partial charge in [-0.25, -0.2) is 0 Å². The van der Waals surface area contributed by atoms with E-state index in [2.05, 4.69) is 15.0 Å². The standard InChI is InChI=1S/C21H17F3N2O3/c1-29-17(27)11-10-13-5-2-8-15(21(22,23)24)18(13)20(28)26-16-9-3-6-14-7-4-12-25-19(14)16/h2-9,12H,10-11H2,1H3,(H,26,28). The molecule has 0 unspecified atom stereocenters. The summed E-state index contributed by atoms with van der Waals surface area (Å²) < 4.78 is 45.2. The summed E-state index contributed by atoms with van der Waals surface area (Å²) in [5, 5.41) is 3.27. The van der Waals surface area contributed by atoms with E-state index in [1.165, 1.54) is 25.4 Å². The SMILES string of the molecule is COC(=O)CCc1cccc(C(F)(F)F)c1C(=O)Nc1cccc2cccnc12. The third-order valence-corrected chi connectivity index (χ3v) is 4.39. The molecule has 0 bridgehead atoms.